The Labute approximate surface area is 152 Å². The number of hydrogen-bond acceptors (Lipinski definition) is 5. The molecule has 0 aromatic carbocycles. The summed E-state index contributed by atoms with van der Waals surface area (Å²) in [4.78, 5) is 25.3. The fourth-order valence-electron chi connectivity index (χ4n) is 2.90. The topological polar surface area (TPSA) is 76.7 Å². The van der Waals surface area contributed by atoms with Gasteiger partial charge in [-0.2, -0.15) is 0 Å². The Morgan fingerprint density at radius 3 is 2.64 bits per heavy atom. The fraction of sp³-hybridized carbons (Fsp3) is 0.667. The van der Waals surface area contributed by atoms with Gasteiger partial charge >= 0.3 is 6.09 Å². The summed E-state index contributed by atoms with van der Waals surface area (Å²) in [6.07, 6.45) is 2.25. The smallest absolute Gasteiger partial charge is 0.407 e. The maximum atomic E-state index is 12.4. The van der Waals surface area contributed by atoms with Gasteiger partial charge in [0, 0.05) is 41.5 Å². The normalized spacial score (nSPS) is 23.8. The highest BCUT2D eigenvalue weighted by atomic mass is 32.1. The van der Waals surface area contributed by atoms with Crippen LogP contribution in [0.25, 0.3) is 0 Å². The Morgan fingerprint density at radius 1 is 1.24 bits per heavy atom. The summed E-state index contributed by atoms with van der Waals surface area (Å²) in [6, 6.07) is 2.24. The summed E-state index contributed by atoms with van der Waals surface area (Å²) in [5, 5.41) is 7.86. The first-order chi connectivity index (χ1) is 11.8. The molecule has 138 valence electrons. The molecule has 0 spiro atoms. The van der Waals surface area contributed by atoms with Gasteiger partial charge in [0.25, 0.3) is 5.91 Å². The zero-order valence-corrected chi connectivity index (χ0v) is 15.8. The fourth-order valence-corrected chi connectivity index (χ4v) is 3.97. The van der Waals surface area contributed by atoms with E-state index in [1.165, 1.54) is 0 Å². The monoisotopic (exact) mass is 366 g/mol. The molecule has 2 fully saturated rings. The molecule has 0 radical (unpaired) electrons. The van der Waals surface area contributed by atoms with Gasteiger partial charge in [-0.1, -0.05) is 0 Å². The molecule has 2 heterocycles. The molecule has 2 unspecified atom stereocenters. The zero-order valence-electron chi connectivity index (χ0n) is 15.0. The van der Waals surface area contributed by atoms with Gasteiger partial charge in [-0.15, -0.1) is 11.3 Å². The number of thiophene rings is 1. The Bertz CT molecular complexity index is 631. The van der Waals surface area contributed by atoms with Crippen molar-refractivity contribution in [2.24, 2.45) is 0 Å². The lowest BCUT2D eigenvalue weighted by Crippen LogP contribution is -2.38. The molecule has 0 bridgehead atoms. The highest BCUT2D eigenvalue weighted by Crippen LogP contribution is 2.43. The van der Waals surface area contributed by atoms with Gasteiger partial charge in [-0.3, -0.25) is 4.79 Å². The average molecular weight is 366 g/mol. The number of carbonyl (C=O) groups excluding carboxylic acids is 2. The lowest BCUT2D eigenvalue weighted by molar-refractivity contribution is 0.0522. The van der Waals surface area contributed by atoms with Crippen LogP contribution in [0.2, 0.25) is 0 Å². The molecular formula is C18H26N2O4S. The van der Waals surface area contributed by atoms with Crippen molar-refractivity contribution in [3.05, 3.63) is 21.9 Å². The van der Waals surface area contributed by atoms with Crippen LogP contribution in [-0.4, -0.2) is 42.9 Å². The molecule has 2 N–H and O–H groups in total. The molecule has 2 amide bonds. The lowest BCUT2D eigenvalue weighted by Gasteiger charge is -2.22. The van der Waals surface area contributed by atoms with E-state index in [2.05, 4.69) is 10.6 Å². The Hall–Kier alpha value is -1.60. The predicted octanol–water partition coefficient (Wildman–Crippen LogP) is 3.04. The van der Waals surface area contributed by atoms with E-state index in [-0.39, 0.29) is 30.0 Å². The van der Waals surface area contributed by atoms with Gasteiger partial charge in [-0.05, 0) is 46.1 Å². The second-order valence-corrected chi connectivity index (χ2v) is 8.64. The minimum absolute atomic E-state index is 0.0216. The van der Waals surface area contributed by atoms with Crippen molar-refractivity contribution >= 4 is 23.3 Å². The molecule has 1 aromatic rings. The summed E-state index contributed by atoms with van der Waals surface area (Å²) in [5.41, 5.74) is 0.210. The molecule has 2 aliphatic rings. The zero-order chi connectivity index (χ0) is 18.0. The van der Waals surface area contributed by atoms with E-state index in [4.69, 9.17) is 9.47 Å². The number of rotatable bonds is 4. The molecule has 1 saturated heterocycles. The van der Waals surface area contributed by atoms with Crippen LogP contribution >= 0.6 is 11.3 Å². The van der Waals surface area contributed by atoms with E-state index in [0.29, 0.717) is 18.8 Å². The summed E-state index contributed by atoms with van der Waals surface area (Å²) < 4.78 is 10.6. The van der Waals surface area contributed by atoms with Gasteiger partial charge in [0.2, 0.25) is 0 Å². The molecule has 6 nitrogen and oxygen atoms in total. The van der Waals surface area contributed by atoms with Crippen molar-refractivity contribution in [2.75, 3.05) is 13.2 Å². The van der Waals surface area contributed by atoms with Crippen LogP contribution in [0, 0.1) is 0 Å². The molecule has 3 rings (SSSR count). The largest absolute Gasteiger partial charge is 0.444 e. The first-order valence-electron chi connectivity index (χ1n) is 8.78. The number of alkyl carbamates (subject to hydrolysis) is 1. The van der Waals surface area contributed by atoms with Gasteiger partial charge in [0.05, 0.1) is 5.56 Å². The van der Waals surface area contributed by atoms with Gasteiger partial charge < -0.3 is 20.1 Å². The van der Waals surface area contributed by atoms with E-state index >= 15 is 0 Å². The van der Waals surface area contributed by atoms with Crippen LogP contribution in [0.3, 0.4) is 0 Å². The van der Waals surface area contributed by atoms with Gasteiger partial charge in [0.15, 0.2) is 0 Å². The Morgan fingerprint density at radius 2 is 1.96 bits per heavy atom. The van der Waals surface area contributed by atoms with Crippen molar-refractivity contribution in [3.8, 4) is 0 Å². The van der Waals surface area contributed by atoms with Crippen molar-refractivity contribution in [3.63, 3.8) is 0 Å². The van der Waals surface area contributed by atoms with E-state index < -0.39 is 5.60 Å². The molecule has 1 saturated carbocycles. The SMILES string of the molecule is CC(C)(C)OC(=O)NC1CC1c1cc(C(=O)NC2CCOCC2)cs1. The first kappa shape index (κ1) is 18.2. The van der Waals surface area contributed by atoms with E-state index in [9.17, 15) is 9.59 Å². The number of amides is 2. The molecule has 7 heteroatoms. The van der Waals surface area contributed by atoms with Crippen LogP contribution in [0.4, 0.5) is 4.79 Å². The number of carbonyl (C=O) groups is 2. The molecular weight excluding hydrogens is 340 g/mol. The second-order valence-electron chi connectivity index (χ2n) is 7.69. The summed E-state index contributed by atoms with van der Waals surface area (Å²) in [5.74, 6) is 0.258. The van der Waals surface area contributed by atoms with Crippen molar-refractivity contribution in [1.82, 2.24) is 10.6 Å². The molecule has 1 aromatic heterocycles. The van der Waals surface area contributed by atoms with E-state index in [0.717, 1.165) is 24.1 Å². The molecule has 1 aliphatic heterocycles. The standard InChI is InChI=1S/C18H26N2O4S/c1-18(2,3)24-17(22)20-14-9-13(14)15-8-11(10-25-15)16(21)19-12-4-6-23-7-5-12/h8,10,12-14H,4-7,9H2,1-3H3,(H,19,21)(H,20,22). The summed E-state index contributed by atoms with van der Waals surface area (Å²) in [6.45, 7) is 6.96. The van der Waals surface area contributed by atoms with E-state index in [1.54, 1.807) is 11.3 Å². The highest BCUT2D eigenvalue weighted by Gasteiger charge is 2.41. The molecule has 25 heavy (non-hydrogen) atoms. The van der Waals surface area contributed by atoms with Crippen LogP contribution in [0.15, 0.2) is 11.4 Å². The van der Waals surface area contributed by atoms with Crippen molar-refractivity contribution in [1.29, 1.82) is 0 Å². The predicted molar refractivity (Wildman–Crippen MR) is 96.1 cm³/mol. The first-order valence-corrected chi connectivity index (χ1v) is 9.66. The lowest BCUT2D eigenvalue weighted by atomic mass is 10.1. The average Bonchev–Trinajstić information content (AvgIpc) is 3.09. The number of hydrogen-bond donors (Lipinski definition) is 2. The third kappa shape index (κ3) is 5.19. The van der Waals surface area contributed by atoms with Crippen LogP contribution in [-0.2, 0) is 9.47 Å². The summed E-state index contributed by atoms with van der Waals surface area (Å²) in [7, 11) is 0. The van der Waals surface area contributed by atoms with Crippen molar-refractivity contribution in [2.45, 2.75) is 63.6 Å². The number of nitrogens with one attached hydrogen (secondary N) is 2. The third-order valence-electron chi connectivity index (χ3n) is 4.30. The van der Waals surface area contributed by atoms with E-state index in [1.807, 2.05) is 32.2 Å². The van der Waals surface area contributed by atoms with Crippen LogP contribution in [0.1, 0.15) is 61.2 Å². The van der Waals surface area contributed by atoms with Crippen LogP contribution in [0.5, 0.6) is 0 Å². The maximum absolute atomic E-state index is 12.4. The summed E-state index contributed by atoms with van der Waals surface area (Å²) >= 11 is 1.58. The maximum Gasteiger partial charge on any atom is 0.407 e. The Kier molecular flexibility index (Phi) is 5.34. The minimum Gasteiger partial charge on any atom is -0.444 e. The van der Waals surface area contributed by atoms with Crippen molar-refractivity contribution < 1.29 is 19.1 Å². The highest BCUT2D eigenvalue weighted by molar-refractivity contribution is 7.10. The second kappa shape index (κ2) is 7.33. The molecule has 2 atom stereocenters. The van der Waals surface area contributed by atoms with Gasteiger partial charge in [-0.25, -0.2) is 4.79 Å². The molecule has 1 aliphatic carbocycles. The minimum atomic E-state index is -0.493. The third-order valence-corrected chi connectivity index (χ3v) is 5.36. The quantitative estimate of drug-likeness (QED) is 0.859. The van der Waals surface area contributed by atoms with Crippen LogP contribution < -0.4 is 10.6 Å². The number of ether oxygens (including phenoxy) is 2. The van der Waals surface area contributed by atoms with Gasteiger partial charge in [0.1, 0.15) is 5.60 Å². The Balaban J connectivity index is 1.49.